The first-order valence-electron chi connectivity index (χ1n) is 12.5. The van der Waals surface area contributed by atoms with E-state index in [4.69, 9.17) is 15.2 Å². The van der Waals surface area contributed by atoms with Crippen LogP contribution in [-0.4, -0.2) is 57.4 Å². The molecule has 11 heteroatoms. The molecule has 0 saturated heterocycles. The zero-order chi connectivity index (χ0) is 26.3. The minimum absolute atomic E-state index is 0.0395. The van der Waals surface area contributed by atoms with Gasteiger partial charge < -0.3 is 25.8 Å². The van der Waals surface area contributed by atoms with Gasteiger partial charge in [0.2, 0.25) is 0 Å². The molecular weight excluding hydrogens is 482 g/mol. The van der Waals surface area contributed by atoms with Gasteiger partial charge in [-0.1, -0.05) is 13.8 Å². The Morgan fingerprint density at radius 3 is 2.50 bits per heavy atom. The molecule has 2 unspecified atom stereocenters. The topological polar surface area (TPSA) is 138 Å². The summed E-state index contributed by atoms with van der Waals surface area (Å²) in [5.41, 5.74) is 4.75. The summed E-state index contributed by atoms with van der Waals surface area (Å²) in [5, 5.41) is 11.5. The average molecular weight is 520 g/mol. The first kappa shape index (κ1) is 26.4. The van der Waals surface area contributed by atoms with Crippen molar-refractivity contribution in [2.75, 3.05) is 7.11 Å². The van der Waals surface area contributed by atoms with Crippen LogP contribution in [0.25, 0.3) is 6.20 Å². The van der Waals surface area contributed by atoms with Crippen molar-refractivity contribution in [1.29, 1.82) is 0 Å². The third-order valence-corrected chi connectivity index (χ3v) is 8.52. The standard InChI is InChI=1S/C25H37N5O5S/c1-14(2)36-21-18(13-27-30(21)7-6-24(3,4)29-23(33)34-5)20(31)28-19-16-8-15-9-17(19)12-25(10-15,11-16)35-22(26)32/h6-7,13-17,19H,8-12H2,1-5H3,(H2,26,32)(H,28,31)(H,29,33). The summed E-state index contributed by atoms with van der Waals surface area (Å²) in [4.78, 5) is 36.7. The van der Waals surface area contributed by atoms with Crippen LogP contribution in [0.4, 0.5) is 9.59 Å². The van der Waals surface area contributed by atoms with E-state index in [9.17, 15) is 14.4 Å². The Bertz CT molecular complexity index is 1040. The van der Waals surface area contributed by atoms with E-state index in [2.05, 4.69) is 29.6 Å². The summed E-state index contributed by atoms with van der Waals surface area (Å²) in [7, 11) is 1.32. The minimum atomic E-state index is -0.710. The number of hydrogen-bond acceptors (Lipinski definition) is 7. The van der Waals surface area contributed by atoms with E-state index in [-0.39, 0.29) is 29.0 Å². The van der Waals surface area contributed by atoms with Gasteiger partial charge in [0.05, 0.1) is 24.4 Å². The van der Waals surface area contributed by atoms with Gasteiger partial charge in [0.25, 0.3) is 5.91 Å². The lowest BCUT2D eigenvalue weighted by molar-refractivity contribution is -0.137. The number of hydrogen-bond donors (Lipinski definition) is 3. The molecule has 4 saturated carbocycles. The van der Waals surface area contributed by atoms with Crippen LogP contribution in [0.15, 0.2) is 17.3 Å². The number of methoxy groups -OCH3 is 1. The molecule has 1 heterocycles. The van der Waals surface area contributed by atoms with E-state index in [1.165, 1.54) is 7.11 Å². The second-order valence-corrected chi connectivity index (χ2v) is 12.8. The summed E-state index contributed by atoms with van der Waals surface area (Å²) in [6.45, 7) is 7.81. The van der Waals surface area contributed by atoms with E-state index in [1.807, 2.05) is 13.8 Å². The molecule has 3 amide bonds. The van der Waals surface area contributed by atoms with Crippen LogP contribution in [0.5, 0.6) is 0 Å². The molecule has 0 spiro atoms. The smallest absolute Gasteiger partial charge is 0.407 e. The first-order chi connectivity index (χ1) is 16.9. The highest BCUT2D eigenvalue weighted by Gasteiger charge is 2.57. The number of alkyl carbamates (subject to hydrolysis) is 1. The summed E-state index contributed by atoms with van der Waals surface area (Å²) in [5.74, 6) is 0.894. The van der Waals surface area contributed by atoms with Crippen molar-refractivity contribution < 1.29 is 23.9 Å². The molecule has 4 fully saturated rings. The monoisotopic (exact) mass is 519 g/mol. The van der Waals surface area contributed by atoms with Gasteiger partial charge in [-0.2, -0.15) is 5.10 Å². The molecule has 4 aliphatic carbocycles. The molecule has 4 bridgehead atoms. The molecule has 36 heavy (non-hydrogen) atoms. The van der Waals surface area contributed by atoms with Crippen molar-refractivity contribution in [3.8, 4) is 0 Å². The SMILES string of the molecule is COC(=O)NC(C)(C)C=Cn1ncc(C(=O)NC2C3CC4CC2CC(OC(N)=O)(C4)C3)c1SC(C)C. The van der Waals surface area contributed by atoms with Crippen molar-refractivity contribution in [3.63, 3.8) is 0 Å². The largest absolute Gasteiger partial charge is 0.453 e. The zero-order valence-corrected chi connectivity index (χ0v) is 22.4. The van der Waals surface area contributed by atoms with Gasteiger partial charge >= 0.3 is 12.2 Å². The number of carbonyl (C=O) groups excluding carboxylic acids is 3. The van der Waals surface area contributed by atoms with E-state index >= 15 is 0 Å². The quantitative estimate of drug-likeness (QED) is 0.445. The van der Waals surface area contributed by atoms with Crippen LogP contribution in [0, 0.1) is 17.8 Å². The van der Waals surface area contributed by atoms with E-state index in [0.717, 1.165) is 37.1 Å². The fourth-order valence-electron chi connectivity index (χ4n) is 6.32. The normalized spacial score (nSPS) is 28.9. The molecule has 4 N–H and O–H groups in total. The van der Waals surface area contributed by atoms with Crippen LogP contribution in [0.3, 0.4) is 0 Å². The van der Waals surface area contributed by atoms with Crippen LogP contribution < -0.4 is 16.4 Å². The van der Waals surface area contributed by atoms with Gasteiger partial charge in [-0.25, -0.2) is 14.3 Å². The molecule has 198 valence electrons. The molecule has 10 nitrogen and oxygen atoms in total. The average Bonchev–Trinajstić information content (AvgIpc) is 3.15. The Balaban J connectivity index is 1.51. The highest BCUT2D eigenvalue weighted by Crippen LogP contribution is 2.57. The summed E-state index contributed by atoms with van der Waals surface area (Å²) in [6.07, 6.45) is 8.34. The number of rotatable bonds is 8. The first-order valence-corrected chi connectivity index (χ1v) is 13.4. The summed E-state index contributed by atoms with van der Waals surface area (Å²) in [6, 6.07) is 0.0395. The number of nitrogens with zero attached hydrogens (tertiary/aromatic N) is 2. The lowest BCUT2D eigenvalue weighted by Gasteiger charge is -2.58. The molecular formula is C25H37N5O5S. The van der Waals surface area contributed by atoms with Gasteiger partial charge in [0.15, 0.2) is 0 Å². The van der Waals surface area contributed by atoms with Crippen LogP contribution in [-0.2, 0) is 9.47 Å². The maximum Gasteiger partial charge on any atom is 0.407 e. The third-order valence-electron chi connectivity index (χ3n) is 7.42. The van der Waals surface area contributed by atoms with Crippen LogP contribution in [0.1, 0.15) is 70.2 Å². The fourth-order valence-corrected chi connectivity index (χ4v) is 7.25. The lowest BCUT2D eigenvalue weighted by Crippen LogP contribution is -2.63. The summed E-state index contributed by atoms with van der Waals surface area (Å²) >= 11 is 1.56. The number of carbonyl (C=O) groups is 3. The van der Waals surface area contributed by atoms with Crippen molar-refractivity contribution >= 4 is 36.1 Å². The minimum Gasteiger partial charge on any atom is -0.453 e. The van der Waals surface area contributed by atoms with Gasteiger partial charge in [-0.05, 0) is 69.8 Å². The van der Waals surface area contributed by atoms with E-state index in [0.29, 0.717) is 11.5 Å². The number of nitrogens with two attached hydrogens (primary N) is 1. The van der Waals surface area contributed by atoms with Crippen molar-refractivity contribution in [2.24, 2.45) is 23.5 Å². The Morgan fingerprint density at radius 1 is 1.25 bits per heavy atom. The molecule has 1 aromatic rings. The number of nitrogens with one attached hydrogen (secondary N) is 2. The van der Waals surface area contributed by atoms with Gasteiger partial charge in [-0.15, -0.1) is 11.8 Å². The van der Waals surface area contributed by atoms with Crippen molar-refractivity contribution in [2.45, 2.75) is 87.3 Å². The molecule has 2 atom stereocenters. The molecule has 0 aromatic carbocycles. The lowest BCUT2D eigenvalue weighted by atomic mass is 9.52. The Labute approximate surface area is 216 Å². The van der Waals surface area contributed by atoms with E-state index < -0.39 is 23.3 Å². The van der Waals surface area contributed by atoms with E-state index in [1.54, 1.807) is 34.9 Å². The number of aromatic nitrogens is 2. The summed E-state index contributed by atoms with van der Waals surface area (Å²) < 4.78 is 12.0. The van der Waals surface area contributed by atoms with Crippen molar-refractivity contribution in [1.82, 2.24) is 20.4 Å². The second kappa shape index (κ2) is 9.99. The number of primary amides is 1. The van der Waals surface area contributed by atoms with Crippen LogP contribution >= 0.6 is 11.8 Å². The molecule has 0 aliphatic heterocycles. The maximum atomic E-state index is 13.5. The molecule has 4 aliphatic rings. The number of ether oxygens (including phenoxy) is 2. The second-order valence-electron chi connectivity index (χ2n) is 11.2. The molecule has 0 radical (unpaired) electrons. The van der Waals surface area contributed by atoms with Gasteiger partial charge in [-0.3, -0.25) is 4.79 Å². The number of amides is 3. The molecule has 5 rings (SSSR count). The fraction of sp³-hybridized carbons (Fsp3) is 0.680. The highest BCUT2D eigenvalue weighted by atomic mass is 32.2. The molecule has 1 aromatic heterocycles. The predicted octanol–water partition coefficient (Wildman–Crippen LogP) is 3.76. The van der Waals surface area contributed by atoms with Crippen molar-refractivity contribution in [3.05, 3.63) is 17.8 Å². The zero-order valence-electron chi connectivity index (χ0n) is 21.6. The van der Waals surface area contributed by atoms with Gasteiger partial charge in [0.1, 0.15) is 10.6 Å². The predicted molar refractivity (Wildman–Crippen MR) is 136 cm³/mol. The number of thioether (sulfide) groups is 1. The Kier molecular flexibility index (Phi) is 7.32. The highest BCUT2D eigenvalue weighted by molar-refractivity contribution is 7.99. The van der Waals surface area contributed by atoms with Crippen LogP contribution in [0.2, 0.25) is 0 Å². The Hall–Kier alpha value is -2.69. The van der Waals surface area contributed by atoms with Gasteiger partial charge in [0, 0.05) is 17.5 Å². The third kappa shape index (κ3) is 5.66. The maximum absolute atomic E-state index is 13.5. The Morgan fingerprint density at radius 2 is 1.92 bits per heavy atom.